The molecule has 0 saturated heterocycles. The predicted molar refractivity (Wildman–Crippen MR) is 127 cm³/mol. The van der Waals surface area contributed by atoms with Gasteiger partial charge in [-0.15, -0.1) is 8.78 Å². The number of carbonyl (C=O) groups is 1. The van der Waals surface area contributed by atoms with Crippen molar-refractivity contribution in [1.29, 1.82) is 0 Å². The summed E-state index contributed by atoms with van der Waals surface area (Å²) in [5, 5.41) is 32.5. The molecule has 1 amide bonds. The first-order valence-electron chi connectivity index (χ1n) is 11.8. The van der Waals surface area contributed by atoms with Gasteiger partial charge >= 0.3 is 6.29 Å². The van der Waals surface area contributed by atoms with Gasteiger partial charge in [-0.2, -0.15) is 0 Å². The summed E-state index contributed by atoms with van der Waals surface area (Å²) in [6.07, 6.45) is -4.07. The third kappa shape index (κ3) is 4.30. The van der Waals surface area contributed by atoms with E-state index < -0.39 is 41.6 Å². The van der Waals surface area contributed by atoms with E-state index >= 15 is 4.39 Å². The van der Waals surface area contributed by atoms with E-state index in [1.54, 1.807) is 26.0 Å². The van der Waals surface area contributed by atoms with Gasteiger partial charge in [0.05, 0.1) is 42.5 Å². The normalized spacial score (nSPS) is 18.2. The first-order chi connectivity index (χ1) is 17.4. The molecule has 1 atom stereocenters. The van der Waals surface area contributed by atoms with Crippen LogP contribution in [0.3, 0.4) is 0 Å². The molecule has 1 unspecified atom stereocenters. The van der Waals surface area contributed by atoms with Crippen molar-refractivity contribution in [3.05, 3.63) is 53.5 Å². The third-order valence-corrected chi connectivity index (χ3v) is 7.08. The smallest absolute Gasteiger partial charge is 0.395 e. The Kier molecular flexibility index (Phi) is 5.93. The summed E-state index contributed by atoms with van der Waals surface area (Å²) < 4.78 is 53.1. The zero-order chi connectivity index (χ0) is 26.8. The third-order valence-electron chi connectivity index (χ3n) is 7.08. The zero-order valence-corrected chi connectivity index (χ0v) is 20.2. The van der Waals surface area contributed by atoms with Gasteiger partial charge in [-0.3, -0.25) is 4.79 Å². The summed E-state index contributed by atoms with van der Waals surface area (Å²) in [6.45, 7) is 2.62. The van der Waals surface area contributed by atoms with Crippen molar-refractivity contribution in [3.63, 3.8) is 0 Å². The minimum absolute atomic E-state index is 0.0951. The molecule has 1 saturated carbocycles. The van der Waals surface area contributed by atoms with E-state index in [9.17, 15) is 28.9 Å². The fraction of sp³-hybridized carbons (Fsp3) is 0.423. The maximum atomic E-state index is 15.9. The molecule has 5 rings (SSSR count). The van der Waals surface area contributed by atoms with Crippen LogP contribution in [0.4, 0.5) is 18.9 Å². The Morgan fingerprint density at radius 1 is 1.14 bits per heavy atom. The number of hydrogen-bond acceptors (Lipinski definition) is 6. The second-order valence-electron chi connectivity index (χ2n) is 10.2. The Bertz CT molecular complexity index is 1380. The number of ether oxygens (including phenoxy) is 2. The minimum atomic E-state index is -3.78. The lowest BCUT2D eigenvalue weighted by atomic mass is 9.90. The number of halogens is 3. The second kappa shape index (κ2) is 8.64. The summed E-state index contributed by atoms with van der Waals surface area (Å²) >= 11 is 0. The van der Waals surface area contributed by atoms with Crippen LogP contribution in [0, 0.1) is 5.82 Å². The van der Waals surface area contributed by atoms with Crippen LogP contribution in [0.1, 0.15) is 37.9 Å². The number of aliphatic hydroxyl groups excluding tert-OH is 3. The van der Waals surface area contributed by atoms with Crippen molar-refractivity contribution < 1.29 is 42.8 Å². The number of amides is 1. The molecule has 0 spiro atoms. The Balaban J connectivity index is 1.49. The molecule has 4 N–H and O–H groups in total. The number of hydrogen-bond donors (Lipinski definition) is 4. The van der Waals surface area contributed by atoms with Crippen molar-refractivity contribution in [3.8, 4) is 11.5 Å². The van der Waals surface area contributed by atoms with Gasteiger partial charge < -0.3 is 34.7 Å². The number of aliphatic hydroxyl groups is 3. The fourth-order valence-corrected chi connectivity index (χ4v) is 4.77. The summed E-state index contributed by atoms with van der Waals surface area (Å²) in [7, 11) is 0. The second-order valence-corrected chi connectivity index (χ2v) is 10.2. The Labute approximate surface area is 210 Å². The van der Waals surface area contributed by atoms with Crippen LogP contribution in [0.2, 0.25) is 0 Å². The number of anilines is 1. The monoisotopic (exact) mass is 520 g/mol. The number of benzene rings is 2. The molecule has 2 aromatic carbocycles. The lowest BCUT2D eigenvalue weighted by Gasteiger charge is -2.25. The molecule has 1 aliphatic carbocycles. The van der Waals surface area contributed by atoms with E-state index in [0.29, 0.717) is 29.5 Å². The lowest BCUT2D eigenvalue weighted by molar-refractivity contribution is -0.286. The summed E-state index contributed by atoms with van der Waals surface area (Å²) in [6, 6.07) is 8.92. The molecule has 0 radical (unpaired) electrons. The van der Waals surface area contributed by atoms with E-state index in [2.05, 4.69) is 14.8 Å². The minimum Gasteiger partial charge on any atom is -0.395 e. The maximum absolute atomic E-state index is 15.9. The van der Waals surface area contributed by atoms with Crippen molar-refractivity contribution in [2.45, 2.75) is 56.5 Å². The standard InChI is InChI=1S/C26H27F3N2O6/c1-24(2,13-33)20-9-14-3-5-17(21(27)22(14)31(20)11-16(34)12-32)30-23(35)25(7-8-25)15-4-6-18-19(10-15)37-26(28,29)36-18/h3-6,9-10,16,32-34H,7-8,11-13H2,1-2H3,(H,30,35). The quantitative estimate of drug-likeness (QED) is 0.362. The van der Waals surface area contributed by atoms with Crippen LogP contribution in [0.25, 0.3) is 10.9 Å². The number of nitrogens with zero attached hydrogens (tertiary/aromatic N) is 1. The molecule has 37 heavy (non-hydrogen) atoms. The highest BCUT2D eigenvalue weighted by Gasteiger charge is 2.53. The molecule has 1 aliphatic heterocycles. The van der Waals surface area contributed by atoms with Crippen molar-refractivity contribution >= 4 is 22.5 Å². The number of aromatic nitrogens is 1. The van der Waals surface area contributed by atoms with Gasteiger partial charge in [0.1, 0.15) is 0 Å². The molecule has 0 bridgehead atoms. The van der Waals surface area contributed by atoms with Crippen LogP contribution >= 0.6 is 0 Å². The van der Waals surface area contributed by atoms with Gasteiger partial charge in [0, 0.05) is 16.5 Å². The number of fused-ring (bicyclic) bond motifs is 2. The van der Waals surface area contributed by atoms with Gasteiger partial charge in [0.25, 0.3) is 0 Å². The van der Waals surface area contributed by atoms with Gasteiger partial charge in [0.2, 0.25) is 5.91 Å². The van der Waals surface area contributed by atoms with Gasteiger partial charge in [0.15, 0.2) is 17.3 Å². The molecule has 11 heteroatoms. The highest BCUT2D eigenvalue weighted by atomic mass is 19.3. The van der Waals surface area contributed by atoms with Crippen LogP contribution < -0.4 is 14.8 Å². The lowest BCUT2D eigenvalue weighted by Crippen LogP contribution is -2.30. The fourth-order valence-electron chi connectivity index (χ4n) is 4.77. The van der Waals surface area contributed by atoms with E-state index in [-0.39, 0.29) is 35.9 Å². The molecule has 2 aliphatic rings. The molecule has 1 aromatic heterocycles. The number of alkyl halides is 2. The van der Waals surface area contributed by atoms with Crippen LogP contribution in [0.15, 0.2) is 36.4 Å². The Hall–Kier alpha value is -3.28. The highest BCUT2D eigenvalue weighted by Crippen LogP contribution is 2.52. The first-order valence-corrected chi connectivity index (χ1v) is 11.8. The zero-order valence-electron chi connectivity index (χ0n) is 20.2. The van der Waals surface area contributed by atoms with Crippen LogP contribution in [0.5, 0.6) is 11.5 Å². The van der Waals surface area contributed by atoms with Crippen molar-refractivity contribution in [2.75, 3.05) is 18.5 Å². The topological polar surface area (TPSA) is 113 Å². The van der Waals surface area contributed by atoms with Crippen molar-refractivity contribution in [1.82, 2.24) is 4.57 Å². The molecular weight excluding hydrogens is 493 g/mol. The van der Waals surface area contributed by atoms with Crippen LogP contribution in [-0.2, 0) is 22.2 Å². The van der Waals surface area contributed by atoms with E-state index in [1.807, 2.05) is 0 Å². The van der Waals surface area contributed by atoms with Crippen LogP contribution in [-0.4, -0.2) is 51.4 Å². The Morgan fingerprint density at radius 3 is 2.49 bits per heavy atom. The maximum Gasteiger partial charge on any atom is 0.586 e. The summed E-state index contributed by atoms with van der Waals surface area (Å²) in [5.74, 6) is -1.54. The molecular formula is C26H27F3N2O6. The van der Waals surface area contributed by atoms with E-state index in [0.717, 1.165) is 0 Å². The molecule has 8 nitrogen and oxygen atoms in total. The average Bonchev–Trinajstić information content (AvgIpc) is 3.48. The SMILES string of the molecule is CC(C)(CO)c1cc2ccc(NC(=O)C3(c4ccc5c(c4)OC(F)(F)O5)CC3)c(F)c2n1CC(O)CO. The molecule has 2 heterocycles. The van der Waals surface area contributed by atoms with E-state index in [4.69, 9.17) is 0 Å². The van der Waals surface area contributed by atoms with Gasteiger partial charge in [-0.25, -0.2) is 4.39 Å². The Morgan fingerprint density at radius 2 is 1.84 bits per heavy atom. The highest BCUT2D eigenvalue weighted by molar-refractivity contribution is 6.03. The molecule has 3 aromatic rings. The predicted octanol–water partition coefficient (Wildman–Crippen LogP) is 3.40. The average molecular weight is 521 g/mol. The molecule has 198 valence electrons. The first kappa shape index (κ1) is 25.4. The molecule has 1 fully saturated rings. The summed E-state index contributed by atoms with van der Waals surface area (Å²) in [5.41, 5.74) is -0.794. The van der Waals surface area contributed by atoms with Gasteiger partial charge in [-0.1, -0.05) is 26.0 Å². The van der Waals surface area contributed by atoms with Gasteiger partial charge in [-0.05, 0) is 42.7 Å². The number of nitrogens with one attached hydrogen (secondary N) is 1. The number of carbonyl (C=O) groups excluding carboxylic acids is 1. The van der Waals surface area contributed by atoms with Crippen molar-refractivity contribution in [2.24, 2.45) is 0 Å². The summed E-state index contributed by atoms with van der Waals surface area (Å²) in [4.78, 5) is 13.3. The van der Waals surface area contributed by atoms with E-state index in [1.165, 1.54) is 28.8 Å². The number of rotatable bonds is 8. The largest absolute Gasteiger partial charge is 0.586 e.